The van der Waals surface area contributed by atoms with E-state index in [1.165, 1.54) is 20.2 Å². The molecule has 4 heteroatoms. The van der Waals surface area contributed by atoms with Gasteiger partial charge in [-0.05, 0) is 78.9 Å². The largest absolute Gasteiger partial charge is 0.456 e. The van der Waals surface area contributed by atoms with Crippen molar-refractivity contribution in [1.29, 1.82) is 0 Å². The Morgan fingerprint density at radius 2 is 0.935 bits per heavy atom. The molecule has 0 spiro atoms. The van der Waals surface area contributed by atoms with Gasteiger partial charge in [-0.2, -0.15) is 0 Å². The summed E-state index contributed by atoms with van der Waals surface area (Å²) in [5.74, 6) is 0. The fourth-order valence-electron chi connectivity index (χ4n) is 6.58. The van der Waals surface area contributed by atoms with Gasteiger partial charge in [-0.15, -0.1) is 11.3 Å². The zero-order chi connectivity index (χ0) is 30.5. The number of nitrogens with zero attached hydrogens (tertiary/aromatic N) is 2. The van der Waals surface area contributed by atoms with Crippen LogP contribution in [0.15, 0.2) is 174 Å². The molecule has 0 radical (unpaired) electrons. The molecule has 2 aromatic heterocycles. The summed E-state index contributed by atoms with van der Waals surface area (Å²) in [4.78, 5) is 4.68. The maximum atomic E-state index is 6.34. The molecule has 0 amide bonds. The van der Waals surface area contributed by atoms with Crippen molar-refractivity contribution >= 4 is 87.6 Å². The molecule has 0 fully saturated rings. The van der Waals surface area contributed by atoms with Gasteiger partial charge in [-0.1, -0.05) is 84.9 Å². The number of rotatable bonds is 6. The van der Waals surface area contributed by atoms with E-state index >= 15 is 0 Å². The van der Waals surface area contributed by atoms with Crippen LogP contribution in [0.3, 0.4) is 0 Å². The van der Waals surface area contributed by atoms with Crippen molar-refractivity contribution in [2.24, 2.45) is 0 Å². The van der Waals surface area contributed by atoms with Gasteiger partial charge in [0.05, 0.1) is 5.69 Å². The molecule has 218 valence electrons. The van der Waals surface area contributed by atoms with E-state index in [2.05, 4.69) is 168 Å². The standard InChI is InChI=1S/C42H28N2OS/c1-4-13-29(14-5-1)43(30-15-6-2-7-16-30)33-24-26-36-41(28-33)46-40-22-12-20-37(42(36)40)44(31-17-8-3-9-18-31)32-23-25-35-34-19-10-11-21-38(34)45-39(35)27-32/h1-28H. The third kappa shape index (κ3) is 4.42. The van der Waals surface area contributed by atoms with Crippen LogP contribution in [-0.4, -0.2) is 0 Å². The van der Waals surface area contributed by atoms with Gasteiger partial charge in [0.25, 0.3) is 0 Å². The molecule has 7 aromatic carbocycles. The Kier molecular flexibility index (Phi) is 6.32. The first-order chi connectivity index (χ1) is 22.8. The van der Waals surface area contributed by atoms with Crippen molar-refractivity contribution in [3.8, 4) is 0 Å². The summed E-state index contributed by atoms with van der Waals surface area (Å²) in [7, 11) is 0. The fraction of sp³-hybridized carbons (Fsp3) is 0. The van der Waals surface area contributed by atoms with Gasteiger partial charge in [0.2, 0.25) is 0 Å². The lowest BCUT2D eigenvalue weighted by atomic mass is 10.1. The second-order valence-electron chi connectivity index (χ2n) is 11.4. The Hall–Kier alpha value is -5.84. The molecular weight excluding hydrogens is 581 g/mol. The molecule has 0 aliphatic carbocycles. The Labute approximate surface area is 270 Å². The van der Waals surface area contributed by atoms with Crippen molar-refractivity contribution in [3.05, 3.63) is 170 Å². The van der Waals surface area contributed by atoms with Crippen LogP contribution in [0.25, 0.3) is 42.1 Å². The van der Waals surface area contributed by atoms with E-state index in [1.807, 2.05) is 23.5 Å². The van der Waals surface area contributed by atoms with Crippen LogP contribution >= 0.6 is 11.3 Å². The second kappa shape index (κ2) is 11.0. The van der Waals surface area contributed by atoms with E-state index in [0.29, 0.717) is 0 Å². The molecule has 46 heavy (non-hydrogen) atoms. The molecule has 2 heterocycles. The third-order valence-electron chi connectivity index (χ3n) is 8.62. The van der Waals surface area contributed by atoms with E-state index in [9.17, 15) is 0 Å². The number of para-hydroxylation sites is 4. The van der Waals surface area contributed by atoms with Crippen molar-refractivity contribution in [3.63, 3.8) is 0 Å². The van der Waals surface area contributed by atoms with Crippen LogP contribution in [-0.2, 0) is 0 Å². The normalized spacial score (nSPS) is 11.5. The Morgan fingerprint density at radius 3 is 1.63 bits per heavy atom. The van der Waals surface area contributed by atoms with Gasteiger partial charge in [0.15, 0.2) is 0 Å². The first kappa shape index (κ1) is 26.6. The maximum Gasteiger partial charge on any atom is 0.137 e. The van der Waals surface area contributed by atoms with Gasteiger partial charge in [0, 0.05) is 65.4 Å². The summed E-state index contributed by atoms with van der Waals surface area (Å²) in [6.45, 7) is 0. The minimum absolute atomic E-state index is 0.883. The zero-order valence-electron chi connectivity index (χ0n) is 24.9. The number of furan rings is 1. The second-order valence-corrected chi connectivity index (χ2v) is 12.5. The van der Waals surface area contributed by atoms with Crippen molar-refractivity contribution in [2.75, 3.05) is 9.80 Å². The summed E-state index contributed by atoms with van der Waals surface area (Å²) >= 11 is 1.84. The molecule has 3 nitrogen and oxygen atoms in total. The SMILES string of the molecule is c1ccc(N(c2ccccc2)c2ccc3c(c2)sc2cccc(N(c4ccccc4)c4ccc5c(c4)oc4ccccc45)c23)cc1. The summed E-state index contributed by atoms with van der Waals surface area (Å²) < 4.78 is 8.84. The van der Waals surface area contributed by atoms with Gasteiger partial charge in [-0.25, -0.2) is 0 Å². The van der Waals surface area contributed by atoms with Crippen LogP contribution in [0.2, 0.25) is 0 Å². The number of thiophene rings is 1. The average Bonchev–Trinajstić information content (AvgIpc) is 3.68. The molecule has 9 aromatic rings. The smallest absolute Gasteiger partial charge is 0.137 e. The molecule has 0 N–H and O–H groups in total. The number of hydrogen-bond acceptors (Lipinski definition) is 4. The van der Waals surface area contributed by atoms with Crippen molar-refractivity contribution in [2.45, 2.75) is 0 Å². The molecule has 0 atom stereocenters. The Morgan fingerprint density at radius 1 is 0.370 bits per heavy atom. The van der Waals surface area contributed by atoms with E-state index in [1.54, 1.807) is 0 Å². The van der Waals surface area contributed by atoms with E-state index < -0.39 is 0 Å². The maximum absolute atomic E-state index is 6.34. The molecular formula is C42H28N2OS. The molecule has 0 bridgehead atoms. The van der Waals surface area contributed by atoms with Crippen molar-refractivity contribution in [1.82, 2.24) is 0 Å². The lowest BCUT2D eigenvalue weighted by Crippen LogP contribution is -2.10. The predicted octanol–water partition coefficient (Wildman–Crippen LogP) is 12.9. The Balaban J connectivity index is 1.23. The van der Waals surface area contributed by atoms with Crippen LogP contribution in [0.1, 0.15) is 0 Å². The highest BCUT2D eigenvalue weighted by Crippen LogP contribution is 2.47. The molecule has 0 unspecified atom stereocenters. The highest BCUT2D eigenvalue weighted by molar-refractivity contribution is 7.26. The highest BCUT2D eigenvalue weighted by Gasteiger charge is 2.21. The molecule has 9 rings (SSSR count). The summed E-state index contributed by atoms with van der Waals surface area (Å²) in [5.41, 5.74) is 8.48. The lowest BCUT2D eigenvalue weighted by molar-refractivity contribution is 0.669. The van der Waals surface area contributed by atoms with Crippen molar-refractivity contribution < 1.29 is 4.42 Å². The highest BCUT2D eigenvalue weighted by atomic mass is 32.1. The van der Waals surface area contributed by atoms with Crippen LogP contribution in [0.5, 0.6) is 0 Å². The van der Waals surface area contributed by atoms with Gasteiger partial charge in [-0.3, -0.25) is 0 Å². The van der Waals surface area contributed by atoms with E-state index in [-0.39, 0.29) is 0 Å². The zero-order valence-corrected chi connectivity index (χ0v) is 25.7. The minimum atomic E-state index is 0.883. The van der Waals surface area contributed by atoms with Gasteiger partial charge >= 0.3 is 0 Å². The first-order valence-corrected chi connectivity index (χ1v) is 16.3. The fourth-order valence-corrected chi connectivity index (χ4v) is 7.74. The van der Waals surface area contributed by atoms with Crippen LogP contribution < -0.4 is 9.80 Å². The summed E-state index contributed by atoms with van der Waals surface area (Å²) in [6, 6.07) is 60.1. The molecule has 0 aliphatic heterocycles. The van der Waals surface area contributed by atoms with E-state index in [4.69, 9.17) is 4.42 Å². The molecule has 0 saturated heterocycles. The van der Waals surface area contributed by atoms with E-state index in [0.717, 1.165) is 56.1 Å². The average molecular weight is 609 g/mol. The lowest BCUT2D eigenvalue weighted by Gasteiger charge is -2.26. The molecule has 0 saturated carbocycles. The van der Waals surface area contributed by atoms with Gasteiger partial charge in [0.1, 0.15) is 11.2 Å². The number of anilines is 6. The topological polar surface area (TPSA) is 19.6 Å². The quantitative estimate of drug-likeness (QED) is 0.187. The summed E-state index contributed by atoms with van der Waals surface area (Å²) in [5, 5.41) is 4.75. The number of hydrogen-bond donors (Lipinski definition) is 0. The van der Waals surface area contributed by atoms with Crippen LogP contribution in [0, 0.1) is 0 Å². The van der Waals surface area contributed by atoms with Crippen LogP contribution in [0.4, 0.5) is 34.1 Å². The minimum Gasteiger partial charge on any atom is -0.456 e. The first-order valence-electron chi connectivity index (χ1n) is 15.4. The number of benzene rings is 7. The Bertz CT molecular complexity index is 2440. The monoisotopic (exact) mass is 608 g/mol. The predicted molar refractivity (Wildman–Crippen MR) is 196 cm³/mol. The summed E-state index contributed by atoms with van der Waals surface area (Å²) in [6.07, 6.45) is 0. The third-order valence-corrected chi connectivity index (χ3v) is 9.74. The van der Waals surface area contributed by atoms with Gasteiger partial charge < -0.3 is 14.2 Å². The molecule has 0 aliphatic rings. The number of fused-ring (bicyclic) bond motifs is 6.